The molecule has 5 heteroatoms. The number of benzene rings is 1. The smallest absolute Gasteiger partial charge is 0.407 e. The van der Waals surface area contributed by atoms with Crippen molar-refractivity contribution in [3.05, 3.63) is 35.9 Å². The summed E-state index contributed by atoms with van der Waals surface area (Å²) in [6.45, 7) is 10.1. The van der Waals surface area contributed by atoms with Crippen LogP contribution in [0.1, 0.15) is 46.6 Å². The molecule has 2 atom stereocenters. The Balaban J connectivity index is 2.52. The highest BCUT2D eigenvalue weighted by atomic mass is 16.6. The van der Waals surface area contributed by atoms with Crippen molar-refractivity contribution in [2.45, 2.75) is 65.4 Å². The highest BCUT2D eigenvalue weighted by molar-refractivity contribution is 5.68. The van der Waals surface area contributed by atoms with Crippen LogP contribution in [0.4, 0.5) is 4.79 Å². The fourth-order valence-corrected chi connectivity index (χ4v) is 2.27. The lowest BCUT2D eigenvalue weighted by Gasteiger charge is -2.25. The number of nitrogens with one attached hydrogen (secondary N) is 1. The van der Waals surface area contributed by atoms with Crippen molar-refractivity contribution >= 4 is 6.09 Å². The fourth-order valence-electron chi connectivity index (χ4n) is 2.27. The zero-order valence-corrected chi connectivity index (χ0v) is 16.4. The van der Waals surface area contributed by atoms with Gasteiger partial charge in [-0.05, 0) is 38.7 Å². The molecule has 0 spiro atoms. The molecule has 26 heavy (non-hydrogen) atoms. The van der Waals surface area contributed by atoms with Crippen molar-refractivity contribution in [2.75, 3.05) is 6.61 Å². The first-order valence-corrected chi connectivity index (χ1v) is 8.95. The van der Waals surface area contributed by atoms with E-state index in [1.165, 1.54) is 0 Å². The summed E-state index contributed by atoms with van der Waals surface area (Å²) in [5.74, 6) is 5.86. The largest absolute Gasteiger partial charge is 0.444 e. The van der Waals surface area contributed by atoms with Crippen LogP contribution in [0.2, 0.25) is 0 Å². The Bertz CT molecular complexity index is 596. The molecule has 5 nitrogen and oxygen atoms in total. The van der Waals surface area contributed by atoms with E-state index in [0.717, 1.165) is 5.56 Å². The van der Waals surface area contributed by atoms with Crippen molar-refractivity contribution in [1.82, 2.24) is 5.32 Å². The molecule has 0 saturated heterocycles. The molecule has 0 aliphatic rings. The molecule has 0 aromatic heterocycles. The maximum Gasteiger partial charge on any atom is 0.407 e. The minimum absolute atomic E-state index is 0.215. The molecular weight excluding hydrogens is 330 g/mol. The van der Waals surface area contributed by atoms with Gasteiger partial charge in [-0.2, -0.15) is 0 Å². The van der Waals surface area contributed by atoms with Crippen LogP contribution in [0.25, 0.3) is 0 Å². The SMILES string of the molecule is CC(C)C[C@H](NC(=O)OC(C)(C)C)[C@H](O)C#CCOCc1ccccc1. The van der Waals surface area contributed by atoms with Crippen LogP contribution < -0.4 is 5.32 Å². The lowest BCUT2D eigenvalue weighted by atomic mass is 9.99. The molecule has 0 bridgehead atoms. The number of alkyl carbamates (subject to hydrolysis) is 1. The summed E-state index contributed by atoms with van der Waals surface area (Å²) in [6.07, 6.45) is -0.936. The van der Waals surface area contributed by atoms with Gasteiger partial charge in [0.25, 0.3) is 0 Å². The van der Waals surface area contributed by atoms with Gasteiger partial charge in [-0.3, -0.25) is 0 Å². The summed E-state index contributed by atoms with van der Waals surface area (Å²) in [4.78, 5) is 12.0. The molecule has 2 N–H and O–H groups in total. The molecule has 144 valence electrons. The summed E-state index contributed by atoms with van der Waals surface area (Å²) in [5, 5.41) is 13.0. The normalized spacial score (nSPS) is 13.5. The maximum atomic E-state index is 12.0. The van der Waals surface area contributed by atoms with Crippen LogP contribution in [0.3, 0.4) is 0 Å². The molecule has 0 aliphatic heterocycles. The molecule has 1 aromatic rings. The first kappa shape index (κ1) is 22.0. The van der Waals surface area contributed by atoms with Gasteiger partial charge in [0.1, 0.15) is 18.3 Å². The summed E-state index contributed by atoms with van der Waals surface area (Å²) >= 11 is 0. The molecule has 0 radical (unpaired) electrons. The third-order valence-electron chi connectivity index (χ3n) is 3.34. The van der Waals surface area contributed by atoms with Crippen molar-refractivity contribution in [2.24, 2.45) is 5.92 Å². The lowest BCUT2D eigenvalue weighted by molar-refractivity contribution is 0.0447. The molecule has 1 aromatic carbocycles. The van der Waals surface area contributed by atoms with E-state index >= 15 is 0 Å². The monoisotopic (exact) mass is 361 g/mol. The number of aliphatic hydroxyl groups is 1. The highest BCUT2D eigenvalue weighted by Gasteiger charge is 2.24. The number of rotatable bonds is 7. The first-order chi connectivity index (χ1) is 12.2. The standard InChI is InChI=1S/C21H31NO4/c1-16(2)14-18(22-20(24)26-21(3,4)5)19(23)12-9-13-25-15-17-10-7-6-8-11-17/h6-8,10-11,16,18-19,23H,13-15H2,1-5H3,(H,22,24)/t18-,19+/m0/s1. The first-order valence-electron chi connectivity index (χ1n) is 8.95. The number of hydrogen-bond donors (Lipinski definition) is 2. The average Bonchev–Trinajstić information content (AvgIpc) is 2.52. The van der Waals surface area contributed by atoms with Gasteiger partial charge in [0.2, 0.25) is 0 Å². The van der Waals surface area contributed by atoms with Crippen LogP contribution in [0.15, 0.2) is 30.3 Å². The third-order valence-corrected chi connectivity index (χ3v) is 3.34. The van der Waals surface area contributed by atoms with Gasteiger partial charge in [0.15, 0.2) is 0 Å². The third kappa shape index (κ3) is 10.1. The fraction of sp³-hybridized carbons (Fsp3) is 0.571. The van der Waals surface area contributed by atoms with Crippen molar-refractivity contribution < 1.29 is 19.4 Å². The second kappa shape index (κ2) is 10.8. The predicted octanol–water partition coefficient (Wildman–Crippen LogP) is 3.51. The van der Waals surface area contributed by atoms with E-state index in [9.17, 15) is 9.90 Å². The Hall–Kier alpha value is -2.03. The Morgan fingerprint density at radius 2 is 1.88 bits per heavy atom. The zero-order valence-electron chi connectivity index (χ0n) is 16.4. The number of carbonyl (C=O) groups is 1. The Morgan fingerprint density at radius 3 is 2.46 bits per heavy atom. The zero-order chi connectivity index (χ0) is 19.6. The van der Waals surface area contributed by atoms with Gasteiger partial charge in [0.05, 0.1) is 12.6 Å². The molecule has 0 aliphatic carbocycles. The quantitative estimate of drug-likeness (QED) is 0.576. The Morgan fingerprint density at radius 1 is 1.23 bits per heavy atom. The minimum Gasteiger partial charge on any atom is -0.444 e. The number of ether oxygens (including phenoxy) is 2. The van der Waals surface area contributed by atoms with Gasteiger partial charge < -0.3 is 19.9 Å². The number of carbonyl (C=O) groups excluding carboxylic acids is 1. The Labute approximate surface area is 157 Å². The van der Waals surface area contributed by atoms with E-state index in [1.54, 1.807) is 20.8 Å². The maximum absolute atomic E-state index is 12.0. The second-order valence-corrected chi connectivity index (χ2v) is 7.63. The summed E-state index contributed by atoms with van der Waals surface area (Å²) in [6, 6.07) is 9.32. The van der Waals surface area contributed by atoms with Crippen LogP contribution in [-0.4, -0.2) is 35.6 Å². The van der Waals surface area contributed by atoms with Crippen molar-refractivity contribution in [3.63, 3.8) is 0 Å². The van der Waals surface area contributed by atoms with Gasteiger partial charge in [0, 0.05) is 0 Å². The number of hydrogen-bond acceptors (Lipinski definition) is 4. The van der Waals surface area contributed by atoms with E-state index in [2.05, 4.69) is 17.2 Å². The highest BCUT2D eigenvalue weighted by Crippen LogP contribution is 2.11. The Kier molecular flexibility index (Phi) is 9.18. The average molecular weight is 361 g/mol. The van der Waals surface area contributed by atoms with E-state index in [1.807, 2.05) is 44.2 Å². The second-order valence-electron chi connectivity index (χ2n) is 7.63. The van der Waals surface area contributed by atoms with Crippen molar-refractivity contribution in [3.8, 4) is 11.8 Å². The number of aliphatic hydroxyl groups excluding tert-OH is 1. The van der Waals surface area contributed by atoms with Crippen LogP contribution in [-0.2, 0) is 16.1 Å². The van der Waals surface area contributed by atoms with Crippen LogP contribution >= 0.6 is 0 Å². The topological polar surface area (TPSA) is 67.8 Å². The summed E-state index contributed by atoms with van der Waals surface area (Å²) < 4.78 is 10.7. The molecule has 0 fully saturated rings. The van der Waals surface area contributed by atoms with E-state index in [-0.39, 0.29) is 6.61 Å². The molecule has 1 amide bonds. The van der Waals surface area contributed by atoms with Gasteiger partial charge >= 0.3 is 6.09 Å². The molecule has 1 rings (SSSR count). The summed E-state index contributed by atoms with van der Waals surface area (Å²) in [5.41, 5.74) is 0.480. The van der Waals surface area contributed by atoms with Gasteiger partial charge in [-0.15, -0.1) is 0 Å². The molecular formula is C21H31NO4. The lowest BCUT2D eigenvalue weighted by Crippen LogP contribution is -2.45. The minimum atomic E-state index is -0.981. The van der Waals surface area contributed by atoms with Crippen molar-refractivity contribution in [1.29, 1.82) is 0 Å². The predicted molar refractivity (Wildman–Crippen MR) is 102 cm³/mol. The van der Waals surface area contributed by atoms with Gasteiger partial charge in [-0.1, -0.05) is 56.0 Å². The van der Waals surface area contributed by atoms with E-state index in [0.29, 0.717) is 18.9 Å². The van der Waals surface area contributed by atoms with E-state index < -0.39 is 23.8 Å². The van der Waals surface area contributed by atoms with Crippen LogP contribution in [0, 0.1) is 17.8 Å². The molecule has 0 heterocycles. The van der Waals surface area contributed by atoms with Crippen LogP contribution in [0.5, 0.6) is 0 Å². The number of amides is 1. The molecule has 0 unspecified atom stereocenters. The van der Waals surface area contributed by atoms with E-state index in [4.69, 9.17) is 9.47 Å². The summed E-state index contributed by atoms with van der Waals surface area (Å²) in [7, 11) is 0. The molecule has 0 saturated carbocycles. The van der Waals surface area contributed by atoms with Gasteiger partial charge in [-0.25, -0.2) is 4.79 Å².